The molecule has 2 aromatic rings. The van der Waals surface area contributed by atoms with Crippen molar-refractivity contribution in [3.63, 3.8) is 0 Å². The van der Waals surface area contributed by atoms with Gasteiger partial charge in [0.25, 0.3) is 0 Å². The number of hydrogen-bond donors (Lipinski definition) is 1. The number of aromatic nitrogens is 3. The van der Waals surface area contributed by atoms with E-state index >= 15 is 0 Å². The van der Waals surface area contributed by atoms with Gasteiger partial charge in [-0.05, 0) is 31.1 Å². The number of amides is 1. The third kappa shape index (κ3) is 3.63. The predicted molar refractivity (Wildman–Crippen MR) is 82.0 cm³/mol. The van der Waals surface area contributed by atoms with Gasteiger partial charge in [-0.3, -0.25) is 4.79 Å². The monoisotopic (exact) mass is 300 g/mol. The van der Waals surface area contributed by atoms with Gasteiger partial charge in [-0.25, -0.2) is 0 Å². The van der Waals surface area contributed by atoms with E-state index in [1.165, 1.54) is 25.3 Å². The Morgan fingerprint density at radius 1 is 1.36 bits per heavy atom. The first kappa shape index (κ1) is 14.6. The van der Waals surface area contributed by atoms with Crippen LogP contribution in [0.25, 0.3) is 6.08 Å². The molecule has 1 aliphatic rings. The molecule has 22 heavy (non-hydrogen) atoms. The standard InChI is InChI=1S/C16H20N4O2/c21-16(8-7-13-5-4-12-22-13)17-10-9-15-19-18-14-6-2-1-3-11-20(14)15/h4-5,7-8,12H,1-3,6,9-11H2,(H,17,21)/b8-7+. The summed E-state index contributed by atoms with van der Waals surface area (Å²) in [5.41, 5.74) is 0. The lowest BCUT2D eigenvalue weighted by molar-refractivity contribution is -0.116. The summed E-state index contributed by atoms with van der Waals surface area (Å²) in [6.07, 6.45) is 10.0. The molecule has 0 aliphatic carbocycles. The Kier molecular flexibility index (Phi) is 4.68. The fourth-order valence-electron chi connectivity index (χ4n) is 2.63. The summed E-state index contributed by atoms with van der Waals surface area (Å²) in [5.74, 6) is 2.58. The van der Waals surface area contributed by atoms with Crippen LogP contribution < -0.4 is 5.32 Å². The minimum atomic E-state index is -0.132. The van der Waals surface area contributed by atoms with Crippen molar-refractivity contribution in [2.45, 2.75) is 38.6 Å². The van der Waals surface area contributed by atoms with Gasteiger partial charge in [0.05, 0.1) is 6.26 Å². The van der Waals surface area contributed by atoms with Crippen molar-refractivity contribution in [2.75, 3.05) is 6.54 Å². The molecule has 0 spiro atoms. The lowest BCUT2D eigenvalue weighted by Crippen LogP contribution is -2.24. The molecule has 0 bridgehead atoms. The second kappa shape index (κ2) is 7.06. The summed E-state index contributed by atoms with van der Waals surface area (Å²) in [7, 11) is 0. The van der Waals surface area contributed by atoms with Crippen molar-refractivity contribution in [1.29, 1.82) is 0 Å². The molecule has 0 atom stereocenters. The molecule has 116 valence electrons. The van der Waals surface area contributed by atoms with Gasteiger partial charge in [-0.2, -0.15) is 0 Å². The highest BCUT2D eigenvalue weighted by atomic mass is 16.3. The highest BCUT2D eigenvalue weighted by molar-refractivity contribution is 5.91. The molecule has 0 unspecified atom stereocenters. The molecule has 0 saturated heterocycles. The number of aryl methyl sites for hydroxylation is 1. The highest BCUT2D eigenvalue weighted by Gasteiger charge is 2.14. The molecular formula is C16H20N4O2. The maximum absolute atomic E-state index is 11.7. The summed E-state index contributed by atoms with van der Waals surface area (Å²) in [6.45, 7) is 1.55. The van der Waals surface area contributed by atoms with E-state index in [0.29, 0.717) is 18.7 Å². The van der Waals surface area contributed by atoms with Crippen molar-refractivity contribution in [1.82, 2.24) is 20.1 Å². The smallest absolute Gasteiger partial charge is 0.244 e. The summed E-state index contributed by atoms with van der Waals surface area (Å²) in [5, 5.41) is 11.4. The first-order chi connectivity index (χ1) is 10.8. The molecule has 3 rings (SSSR count). The maximum Gasteiger partial charge on any atom is 0.244 e. The maximum atomic E-state index is 11.7. The van der Waals surface area contributed by atoms with Crippen LogP contribution in [-0.4, -0.2) is 27.2 Å². The molecule has 0 radical (unpaired) electrons. The zero-order chi connectivity index (χ0) is 15.2. The van der Waals surface area contributed by atoms with Gasteiger partial charge in [-0.1, -0.05) is 6.42 Å². The number of fused-ring (bicyclic) bond motifs is 1. The van der Waals surface area contributed by atoms with Crippen LogP contribution in [0.15, 0.2) is 28.9 Å². The number of hydrogen-bond acceptors (Lipinski definition) is 4. The molecule has 6 nitrogen and oxygen atoms in total. The summed E-state index contributed by atoms with van der Waals surface area (Å²) >= 11 is 0. The van der Waals surface area contributed by atoms with Gasteiger partial charge in [0.2, 0.25) is 5.91 Å². The van der Waals surface area contributed by atoms with E-state index in [4.69, 9.17) is 4.42 Å². The molecule has 1 N–H and O–H groups in total. The van der Waals surface area contributed by atoms with Crippen LogP contribution in [0.5, 0.6) is 0 Å². The molecule has 0 aromatic carbocycles. The second-order valence-corrected chi connectivity index (χ2v) is 5.38. The van der Waals surface area contributed by atoms with E-state index in [2.05, 4.69) is 20.1 Å². The van der Waals surface area contributed by atoms with E-state index < -0.39 is 0 Å². The predicted octanol–water partition coefficient (Wildman–Crippen LogP) is 1.97. The average molecular weight is 300 g/mol. The zero-order valence-corrected chi connectivity index (χ0v) is 12.5. The Labute approximate surface area is 129 Å². The minimum Gasteiger partial charge on any atom is -0.465 e. The van der Waals surface area contributed by atoms with Crippen LogP contribution in [-0.2, 0) is 24.2 Å². The van der Waals surface area contributed by atoms with Crippen molar-refractivity contribution in [2.24, 2.45) is 0 Å². The average Bonchev–Trinajstić information content (AvgIpc) is 3.11. The highest BCUT2D eigenvalue weighted by Crippen LogP contribution is 2.14. The minimum absolute atomic E-state index is 0.132. The Bertz CT molecular complexity index is 643. The number of nitrogens with one attached hydrogen (secondary N) is 1. The molecule has 0 saturated carbocycles. The number of rotatable bonds is 5. The van der Waals surface area contributed by atoms with Crippen LogP contribution in [0, 0.1) is 0 Å². The molecule has 1 amide bonds. The van der Waals surface area contributed by atoms with Gasteiger partial charge in [0.15, 0.2) is 0 Å². The largest absolute Gasteiger partial charge is 0.465 e. The van der Waals surface area contributed by atoms with Gasteiger partial charge >= 0.3 is 0 Å². The summed E-state index contributed by atoms with van der Waals surface area (Å²) in [4.78, 5) is 11.7. The number of furan rings is 1. The van der Waals surface area contributed by atoms with Crippen LogP contribution in [0.2, 0.25) is 0 Å². The topological polar surface area (TPSA) is 73.0 Å². The molecule has 2 aromatic heterocycles. The summed E-state index contributed by atoms with van der Waals surface area (Å²) < 4.78 is 7.34. The van der Waals surface area contributed by atoms with E-state index in [-0.39, 0.29) is 5.91 Å². The lowest BCUT2D eigenvalue weighted by atomic mass is 10.2. The third-order valence-corrected chi connectivity index (χ3v) is 3.78. The molecule has 3 heterocycles. The Balaban J connectivity index is 1.49. The van der Waals surface area contributed by atoms with Gasteiger partial charge in [-0.15, -0.1) is 10.2 Å². The van der Waals surface area contributed by atoms with Gasteiger partial charge in [0.1, 0.15) is 17.4 Å². The summed E-state index contributed by atoms with van der Waals surface area (Å²) in [6, 6.07) is 3.59. The second-order valence-electron chi connectivity index (χ2n) is 5.38. The Morgan fingerprint density at radius 3 is 3.18 bits per heavy atom. The van der Waals surface area contributed by atoms with Crippen molar-refractivity contribution in [3.8, 4) is 0 Å². The number of carbonyl (C=O) groups excluding carboxylic acids is 1. The van der Waals surface area contributed by atoms with Gasteiger partial charge < -0.3 is 14.3 Å². The van der Waals surface area contributed by atoms with Crippen LogP contribution in [0.4, 0.5) is 0 Å². The first-order valence-corrected chi connectivity index (χ1v) is 7.73. The normalized spacial score (nSPS) is 14.7. The van der Waals surface area contributed by atoms with Crippen molar-refractivity contribution >= 4 is 12.0 Å². The van der Waals surface area contributed by atoms with Crippen molar-refractivity contribution < 1.29 is 9.21 Å². The van der Waals surface area contributed by atoms with Crippen LogP contribution >= 0.6 is 0 Å². The first-order valence-electron chi connectivity index (χ1n) is 7.73. The number of nitrogens with zero attached hydrogens (tertiary/aromatic N) is 3. The van der Waals surface area contributed by atoms with Crippen molar-refractivity contribution in [3.05, 3.63) is 41.9 Å². The molecular weight excluding hydrogens is 280 g/mol. The zero-order valence-electron chi connectivity index (χ0n) is 12.5. The lowest BCUT2D eigenvalue weighted by Gasteiger charge is -2.07. The third-order valence-electron chi connectivity index (χ3n) is 3.78. The SMILES string of the molecule is O=C(/C=C/c1ccco1)NCCc1nnc2n1CCCCC2. The molecule has 0 fully saturated rings. The quantitative estimate of drug-likeness (QED) is 0.857. The van der Waals surface area contributed by atoms with Gasteiger partial charge in [0, 0.05) is 32.0 Å². The molecule has 6 heteroatoms. The number of carbonyl (C=O) groups is 1. The van der Waals surface area contributed by atoms with E-state index in [1.54, 1.807) is 24.5 Å². The van der Waals surface area contributed by atoms with E-state index in [9.17, 15) is 4.79 Å². The fraction of sp³-hybridized carbons (Fsp3) is 0.438. The van der Waals surface area contributed by atoms with Crippen LogP contribution in [0.1, 0.15) is 36.7 Å². The van der Waals surface area contributed by atoms with Crippen LogP contribution in [0.3, 0.4) is 0 Å². The van der Waals surface area contributed by atoms with E-state index in [0.717, 1.165) is 24.6 Å². The fourth-order valence-corrected chi connectivity index (χ4v) is 2.63. The Morgan fingerprint density at radius 2 is 2.32 bits per heavy atom. The molecule has 1 aliphatic heterocycles. The Hall–Kier alpha value is -2.37. The van der Waals surface area contributed by atoms with E-state index in [1.807, 2.05) is 0 Å².